The smallest absolute Gasteiger partial charge is 0.306 e. The topological polar surface area (TPSA) is 78.9 Å². The predicted octanol–water partition coefficient (Wildman–Crippen LogP) is 17.3. The van der Waals surface area contributed by atoms with Gasteiger partial charge < -0.3 is 14.2 Å². The van der Waals surface area contributed by atoms with Crippen molar-refractivity contribution in [2.75, 3.05) is 13.2 Å². The Kier molecular flexibility index (Phi) is 49.1. The molecule has 0 heterocycles. The maximum absolute atomic E-state index is 12.8. The number of hydrogen-bond donors (Lipinski definition) is 0. The average molecular weight is 899 g/mol. The normalized spacial score (nSPS) is 13.1. The lowest BCUT2D eigenvalue weighted by atomic mass is 10.1. The van der Waals surface area contributed by atoms with E-state index in [4.69, 9.17) is 14.2 Å². The molecule has 0 aromatic carbocycles. The second-order valence-electron chi connectivity index (χ2n) is 16.9. The summed E-state index contributed by atoms with van der Waals surface area (Å²) in [6.07, 6.45) is 71.8. The first-order chi connectivity index (χ1) is 32.0. The summed E-state index contributed by atoms with van der Waals surface area (Å²) in [5.74, 6) is -0.981. The number of esters is 3. The van der Waals surface area contributed by atoms with Gasteiger partial charge in [-0.1, -0.05) is 232 Å². The molecule has 0 amide bonds. The molecule has 65 heavy (non-hydrogen) atoms. The Balaban J connectivity index is 4.48. The minimum atomic E-state index is -0.813. The van der Waals surface area contributed by atoms with E-state index in [1.54, 1.807) is 0 Å². The number of hydrogen-bond acceptors (Lipinski definition) is 6. The lowest BCUT2D eigenvalue weighted by Crippen LogP contribution is -2.30. The fraction of sp³-hybridized carbons (Fsp3) is 0.610. The molecule has 0 fully saturated rings. The van der Waals surface area contributed by atoms with Gasteiger partial charge in [0.15, 0.2) is 6.10 Å². The Morgan fingerprint density at radius 1 is 0.323 bits per heavy atom. The third-order valence-electron chi connectivity index (χ3n) is 10.6. The van der Waals surface area contributed by atoms with Crippen LogP contribution in [0.2, 0.25) is 0 Å². The Labute approximate surface area is 399 Å². The van der Waals surface area contributed by atoms with Crippen LogP contribution in [-0.2, 0) is 28.6 Å². The Hall–Kier alpha value is -4.19. The molecule has 6 nitrogen and oxygen atoms in total. The molecule has 6 heteroatoms. The lowest BCUT2D eigenvalue weighted by molar-refractivity contribution is -0.167. The first kappa shape index (κ1) is 60.8. The number of carbonyl (C=O) groups is 3. The zero-order valence-corrected chi connectivity index (χ0v) is 41.7. The maximum atomic E-state index is 12.8. The van der Waals surface area contributed by atoms with Gasteiger partial charge >= 0.3 is 17.9 Å². The molecular weight excluding hydrogens is 805 g/mol. The van der Waals surface area contributed by atoms with Gasteiger partial charge in [0, 0.05) is 19.3 Å². The first-order valence-electron chi connectivity index (χ1n) is 26.2. The summed E-state index contributed by atoms with van der Waals surface area (Å²) in [6.45, 7) is 6.26. The van der Waals surface area contributed by atoms with E-state index in [9.17, 15) is 14.4 Å². The molecule has 366 valence electrons. The zero-order valence-electron chi connectivity index (χ0n) is 41.7. The number of unbranched alkanes of at least 4 members (excludes halogenated alkanes) is 21. The van der Waals surface area contributed by atoms with Crippen molar-refractivity contribution in [2.24, 2.45) is 0 Å². The van der Waals surface area contributed by atoms with E-state index in [1.807, 2.05) is 48.6 Å². The minimum absolute atomic E-state index is 0.107. The number of rotatable bonds is 45. The molecule has 0 saturated carbocycles. The van der Waals surface area contributed by atoms with Gasteiger partial charge in [-0.3, -0.25) is 14.4 Å². The van der Waals surface area contributed by atoms with E-state index in [2.05, 4.69) is 93.7 Å². The molecular formula is C59H94O6. The zero-order chi connectivity index (χ0) is 47.2. The summed E-state index contributed by atoms with van der Waals surface area (Å²) in [7, 11) is 0. The lowest BCUT2D eigenvalue weighted by Gasteiger charge is -2.18. The van der Waals surface area contributed by atoms with Crippen LogP contribution in [0.3, 0.4) is 0 Å². The highest BCUT2D eigenvalue weighted by molar-refractivity contribution is 5.71. The molecule has 0 rings (SSSR count). The van der Waals surface area contributed by atoms with Crippen molar-refractivity contribution in [3.05, 3.63) is 122 Å². The molecule has 0 N–H and O–H groups in total. The van der Waals surface area contributed by atoms with E-state index in [-0.39, 0.29) is 37.5 Å². The van der Waals surface area contributed by atoms with Crippen LogP contribution in [0.25, 0.3) is 0 Å². The molecule has 0 spiro atoms. The Morgan fingerprint density at radius 3 is 0.969 bits per heavy atom. The van der Waals surface area contributed by atoms with Gasteiger partial charge in [-0.05, 0) is 83.5 Å². The van der Waals surface area contributed by atoms with Gasteiger partial charge in [0.2, 0.25) is 0 Å². The van der Waals surface area contributed by atoms with Gasteiger partial charge in [0.25, 0.3) is 0 Å². The largest absolute Gasteiger partial charge is 0.462 e. The van der Waals surface area contributed by atoms with E-state index in [0.717, 1.165) is 89.9 Å². The van der Waals surface area contributed by atoms with Crippen molar-refractivity contribution in [2.45, 2.75) is 219 Å². The van der Waals surface area contributed by atoms with E-state index < -0.39 is 6.10 Å². The first-order valence-corrected chi connectivity index (χ1v) is 26.2. The standard InChI is InChI=1S/C59H94O6/c1-4-7-10-13-16-19-22-25-27-28-29-30-32-34-37-40-43-46-49-52-58(61)64-55-56(54-63-57(60)51-48-45-42-39-36-33-24-21-18-15-12-9-6-3)65-59(62)53-50-47-44-41-38-35-31-26-23-20-17-14-11-8-5-2/h8-9,11-12,14-26,31,35,38,56H,4-7,10,13,27-30,32-34,36-37,39-55H2,1-3H3/b11-8-,12-9-,17-14-,18-15-,19-16-,23-20-,24-21-,25-22-,31-26-,38-35-. The molecule has 0 aromatic rings. The monoisotopic (exact) mass is 899 g/mol. The Morgan fingerprint density at radius 2 is 0.600 bits per heavy atom. The molecule has 0 bridgehead atoms. The van der Waals surface area contributed by atoms with Gasteiger partial charge in [0.1, 0.15) is 13.2 Å². The van der Waals surface area contributed by atoms with Crippen molar-refractivity contribution in [1.82, 2.24) is 0 Å². The molecule has 0 aromatic heterocycles. The SMILES string of the molecule is CC\C=C/C=C\C=C/C=C\C=C/CCCCCC(=O)OC(COC(=O)CCCCCCC\C=C/C=C\C=C/CC)COC(=O)CCCCCCCCCCCC/C=C\C=C/CCCCC. The molecule has 0 aliphatic carbocycles. The summed E-state index contributed by atoms with van der Waals surface area (Å²) >= 11 is 0. The van der Waals surface area contributed by atoms with Crippen molar-refractivity contribution in [3.8, 4) is 0 Å². The number of ether oxygens (including phenoxy) is 3. The fourth-order valence-corrected chi connectivity index (χ4v) is 6.75. The minimum Gasteiger partial charge on any atom is -0.462 e. The summed E-state index contributed by atoms with van der Waals surface area (Å²) in [5, 5.41) is 0. The van der Waals surface area contributed by atoms with E-state index in [1.165, 1.54) is 77.0 Å². The van der Waals surface area contributed by atoms with E-state index in [0.29, 0.717) is 19.3 Å². The van der Waals surface area contributed by atoms with Crippen molar-refractivity contribution in [3.63, 3.8) is 0 Å². The van der Waals surface area contributed by atoms with Crippen LogP contribution in [0.1, 0.15) is 213 Å². The van der Waals surface area contributed by atoms with Crippen molar-refractivity contribution >= 4 is 17.9 Å². The summed E-state index contributed by atoms with van der Waals surface area (Å²) in [5.41, 5.74) is 0. The molecule has 0 radical (unpaired) electrons. The molecule has 0 aliphatic heterocycles. The van der Waals surface area contributed by atoms with Crippen LogP contribution in [0.15, 0.2) is 122 Å². The highest BCUT2D eigenvalue weighted by atomic mass is 16.6. The summed E-state index contributed by atoms with van der Waals surface area (Å²) < 4.78 is 16.7. The quantitative estimate of drug-likeness (QED) is 0.0262. The van der Waals surface area contributed by atoms with Gasteiger partial charge in [-0.25, -0.2) is 0 Å². The number of carbonyl (C=O) groups excluding carboxylic acids is 3. The number of allylic oxidation sites excluding steroid dienone is 20. The van der Waals surface area contributed by atoms with Gasteiger partial charge in [0.05, 0.1) is 0 Å². The maximum Gasteiger partial charge on any atom is 0.306 e. The summed E-state index contributed by atoms with van der Waals surface area (Å²) in [6, 6.07) is 0. The highest BCUT2D eigenvalue weighted by Crippen LogP contribution is 2.14. The van der Waals surface area contributed by atoms with Crippen LogP contribution >= 0.6 is 0 Å². The molecule has 1 atom stereocenters. The third kappa shape index (κ3) is 50.7. The van der Waals surface area contributed by atoms with Crippen molar-refractivity contribution < 1.29 is 28.6 Å². The predicted molar refractivity (Wildman–Crippen MR) is 279 cm³/mol. The van der Waals surface area contributed by atoms with Gasteiger partial charge in [-0.2, -0.15) is 0 Å². The van der Waals surface area contributed by atoms with Crippen molar-refractivity contribution in [1.29, 1.82) is 0 Å². The Bertz CT molecular complexity index is 1400. The second kappa shape index (κ2) is 52.4. The van der Waals surface area contributed by atoms with Crippen LogP contribution < -0.4 is 0 Å². The van der Waals surface area contributed by atoms with Crippen LogP contribution in [0.5, 0.6) is 0 Å². The molecule has 0 aliphatic rings. The highest BCUT2D eigenvalue weighted by Gasteiger charge is 2.19. The van der Waals surface area contributed by atoms with Crippen LogP contribution in [-0.4, -0.2) is 37.2 Å². The fourth-order valence-electron chi connectivity index (χ4n) is 6.75. The molecule has 1 unspecified atom stereocenters. The second-order valence-corrected chi connectivity index (χ2v) is 16.9. The van der Waals surface area contributed by atoms with E-state index >= 15 is 0 Å². The van der Waals surface area contributed by atoms with Crippen LogP contribution in [0.4, 0.5) is 0 Å². The molecule has 0 saturated heterocycles. The average Bonchev–Trinajstić information content (AvgIpc) is 3.30. The van der Waals surface area contributed by atoms with Gasteiger partial charge in [-0.15, -0.1) is 0 Å². The summed E-state index contributed by atoms with van der Waals surface area (Å²) in [4.78, 5) is 38.0. The third-order valence-corrected chi connectivity index (χ3v) is 10.6. The van der Waals surface area contributed by atoms with Crippen LogP contribution in [0, 0.1) is 0 Å².